The first-order valence-electron chi connectivity index (χ1n) is 11.6. The summed E-state index contributed by atoms with van der Waals surface area (Å²) < 4.78 is 22.9. The zero-order chi connectivity index (χ0) is 24.6. The van der Waals surface area contributed by atoms with Crippen LogP contribution in [0.5, 0.6) is 5.75 Å². The number of amides is 1. The Kier molecular flexibility index (Phi) is 4.61. The highest BCUT2D eigenvalue weighted by atomic mass is 32.1. The lowest BCUT2D eigenvalue weighted by Crippen LogP contribution is -2.66. The third-order valence-corrected chi connectivity index (χ3v) is 8.16. The molecule has 0 bridgehead atoms. The van der Waals surface area contributed by atoms with Gasteiger partial charge in [-0.2, -0.15) is 0 Å². The molecular formula is C27H20FN3O4S. The Bertz CT molecular complexity index is 1610. The largest absolute Gasteiger partial charge is 0.502 e. The fraction of sp³-hybridized carbons (Fsp3) is 0.185. The van der Waals surface area contributed by atoms with Crippen molar-refractivity contribution in [2.45, 2.75) is 12.2 Å². The van der Waals surface area contributed by atoms with Crippen LogP contribution < -0.4 is 10.4 Å². The number of nitrogens with zero attached hydrogens (tertiary/aromatic N) is 3. The molecule has 0 spiro atoms. The Morgan fingerprint density at radius 2 is 1.83 bits per heavy atom. The number of carbonyl (C=O) groups is 1. The summed E-state index contributed by atoms with van der Waals surface area (Å²) in [5.41, 5.74) is 3.21. The number of thiophene rings is 1. The standard InChI is InChI=1S/C27H20FN3O4S/c28-19-7-3-6-17-22(19)18-9-13-36-26(18)16-5-2-1-4-15(16)23(17)31-21-14-35-12-11-29(21)27(34)24-25(33)20(32)8-10-30(24)31/h1-10,13,21,23,33H,11-12,14H2/t21-,23+/m1/s1. The summed E-state index contributed by atoms with van der Waals surface area (Å²) in [5, 5.41) is 14.6. The van der Waals surface area contributed by atoms with Gasteiger partial charge >= 0.3 is 0 Å². The van der Waals surface area contributed by atoms with Gasteiger partial charge < -0.3 is 14.7 Å². The van der Waals surface area contributed by atoms with Crippen LogP contribution in [0, 0.1) is 5.82 Å². The van der Waals surface area contributed by atoms with Crippen LogP contribution in [0.2, 0.25) is 0 Å². The van der Waals surface area contributed by atoms with Gasteiger partial charge in [-0.15, -0.1) is 11.3 Å². The lowest BCUT2D eigenvalue weighted by atomic mass is 9.92. The first-order valence-corrected chi connectivity index (χ1v) is 12.5. The van der Waals surface area contributed by atoms with Crippen molar-refractivity contribution in [2.24, 2.45) is 0 Å². The van der Waals surface area contributed by atoms with Crippen molar-refractivity contribution in [1.29, 1.82) is 0 Å². The Morgan fingerprint density at radius 1 is 1.00 bits per heavy atom. The number of pyridine rings is 1. The summed E-state index contributed by atoms with van der Waals surface area (Å²) in [5.74, 6) is -1.37. The molecule has 1 N–H and O–H groups in total. The molecular weight excluding hydrogens is 481 g/mol. The zero-order valence-corrected chi connectivity index (χ0v) is 19.7. The van der Waals surface area contributed by atoms with Gasteiger partial charge in [-0.1, -0.05) is 36.4 Å². The molecule has 7 nitrogen and oxygen atoms in total. The van der Waals surface area contributed by atoms with Crippen LogP contribution in [-0.2, 0) is 4.74 Å². The second-order valence-corrected chi connectivity index (χ2v) is 9.93. The molecule has 36 heavy (non-hydrogen) atoms. The molecule has 7 rings (SSSR count). The monoisotopic (exact) mass is 501 g/mol. The lowest BCUT2D eigenvalue weighted by Gasteiger charge is -2.51. The van der Waals surface area contributed by atoms with E-state index in [4.69, 9.17) is 4.74 Å². The van der Waals surface area contributed by atoms with Gasteiger partial charge in [0.05, 0.1) is 19.3 Å². The molecule has 9 heteroatoms. The predicted octanol–water partition coefficient (Wildman–Crippen LogP) is 3.94. The minimum atomic E-state index is -0.629. The number of benzene rings is 2. The second kappa shape index (κ2) is 7.78. The maximum atomic E-state index is 15.6. The van der Waals surface area contributed by atoms with E-state index in [1.165, 1.54) is 18.3 Å². The van der Waals surface area contributed by atoms with Crippen molar-refractivity contribution in [1.82, 2.24) is 9.58 Å². The van der Waals surface area contributed by atoms with Crippen molar-refractivity contribution in [3.63, 3.8) is 0 Å². The predicted molar refractivity (Wildman–Crippen MR) is 133 cm³/mol. The Hall–Kier alpha value is -3.95. The molecule has 0 saturated carbocycles. The summed E-state index contributed by atoms with van der Waals surface area (Å²) in [4.78, 5) is 28.4. The number of aromatic nitrogens is 1. The van der Waals surface area contributed by atoms with Crippen LogP contribution in [0.3, 0.4) is 0 Å². The van der Waals surface area contributed by atoms with Crippen LogP contribution in [0.25, 0.3) is 21.6 Å². The number of carbonyl (C=O) groups excluding carboxylic acids is 1. The van der Waals surface area contributed by atoms with Gasteiger partial charge in [0.15, 0.2) is 11.4 Å². The van der Waals surface area contributed by atoms with Crippen molar-refractivity contribution in [3.05, 3.63) is 99.0 Å². The van der Waals surface area contributed by atoms with E-state index in [0.717, 1.165) is 27.1 Å². The van der Waals surface area contributed by atoms with Gasteiger partial charge in [0, 0.05) is 34.8 Å². The van der Waals surface area contributed by atoms with Crippen molar-refractivity contribution >= 4 is 17.2 Å². The Morgan fingerprint density at radius 3 is 2.72 bits per heavy atom. The normalized spacial score (nSPS) is 20.1. The summed E-state index contributed by atoms with van der Waals surface area (Å²) in [6, 6.07) is 15.6. The number of aromatic hydroxyl groups is 1. The Balaban J connectivity index is 1.59. The van der Waals surface area contributed by atoms with E-state index in [1.54, 1.807) is 27.0 Å². The molecule has 0 unspecified atom stereocenters. The quantitative estimate of drug-likeness (QED) is 0.428. The first kappa shape index (κ1) is 21.3. The molecule has 2 aliphatic heterocycles. The Labute approximate surface area is 209 Å². The van der Waals surface area contributed by atoms with Crippen molar-refractivity contribution < 1.29 is 19.0 Å². The molecule has 3 aliphatic rings. The van der Waals surface area contributed by atoms with Crippen LogP contribution in [0.15, 0.2) is 71.0 Å². The number of hydrogen-bond acceptors (Lipinski definition) is 6. The van der Waals surface area contributed by atoms with Gasteiger partial charge in [-0.25, -0.2) is 4.39 Å². The third-order valence-electron chi connectivity index (χ3n) is 7.21. The molecule has 1 aliphatic carbocycles. The number of morpholine rings is 1. The van der Waals surface area contributed by atoms with Crippen LogP contribution >= 0.6 is 11.3 Å². The summed E-state index contributed by atoms with van der Waals surface area (Å²) in [6.45, 7) is 0.876. The van der Waals surface area contributed by atoms with E-state index in [9.17, 15) is 14.7 Å². The second-order valence-electron chi connectivity index (χ2n) is 9.01. The molecule has 4 aromatic rings. The number of fused-ring (bicyclic) bond motifs is 7. The van der Waals surface area contributed by atoms with Gasteiger partial charge in [-0.05, 0) is 34.2 Å². The summed E-state index contributed by atoms with van der Waals surface area (Å²) in [7, 11) is 0. The number of halogens is 1. The van der Waals surface area contributed by atoms with Gasteiger partial charge in [0.1, 0.15) is 12.0 Å². The van der Waals surface area contributed by atoms with Crippen molar-refractivity contribution in [2.75, 3.05) is 24.8 Å². The third kappa shape index (κ3) is 2.81. The zero-order valence-electron chi connectivity index (χ0n) is 18.9. The lowest BCUT2D eigenvalue weighted by molar-refractivity contribution is -0.0196. The van der Waals surface area contributed by atoms with Gasteiger partial charge in [0.25, 0.3) is 5.91 Å². The molecule has 0 radical (unpaired) electrons. The number of ether oxygens (including phenoxy) is 1. The van der Waals surface area contributed by atoms with E-state index in [0.29, 0.717) is 18.7 Å². The molecule has 180 valence electrons. The highest BCUT2D eigenvalue weighted by Gasteiger charge is 2.46. The molecule has 2 aromatic carbocycles. The van der Waals surface area contributed by atoms with Gasteiger partial charge in [-0.3, -0.25) is 19.3 Å². The molecule has 1 fully saturated rings. The SMILES string of the molecule is O=C1c2c(O)c(=O)ccn2N([C@H]2c3ccccc3-c3sccc3-c3c(F)cccc32)[C@@H]2COCCN12. The fourth-order valence-electron chi connectivity index (χ4n) is 5.69. The molecule has 1 amide bonds. The maximum absolute atomic E-state index is 15.6. The number of rotatable bonds is 1. The highest BCUT2D eigenvalue weighted by molar-refractivity contribution is 7.14. The summed E-state index contributed by atoms with van der Waals surface area (Å²) >= 11 is 1.55. The van der Waals surface area contributed by atoms with E-state index in [1.807, 2.05) is 46.8 Å². The topological polar surface area (TPSA) is 75.0 Å². The number of hydrogen-bond donors (Lipinski definition) is 1. The first-order chi connectivity index (χ1) is 17.6. The average molecular weight is 502 g/mol. The van der Waals surface area contributed by atoms with Gasteiger partial charge in [0.2, 0.25) is 5.43 Å². The van der Waals surface area contributed by atoms with Crippen LogP contribution in [0.1, 0.15) is 27.7 Å². The molecule has 2 atom stereocenters. The molecule has 4 heterocycles. The van der Waals surface area contributed by atoms with E-state index < -0.39 is 29.3 Å². The minimum absolute atomic E-state index is 0.102. The maximum Gasteiger partial charge on any atom is 0.278 e. The fourth-order valence-corrected chi connectivity index (χ4v) is 6.64. The molecule has 1 saturated heterocycles. The average Bonchev–Trinajstić information content (AvgIpc) is 3.33. The van der Waals surface area contributed by atoms with E-state index in [-0.39, 0.29) is 18.1 Å². The van der Waals surface area contributed by atoms with E-state index in [2.05, 4.69) is 0 Å². The van der Waals surface area contributed by atoms with Crippen LogP contribution in [-0.4, -0.2) is 46.5 Å². The minimum Gasteiger partial charge on any atom is -0.502 e. The highest BCUT2D eigenvalue weighted by Crippen LogP contribution is 2.50. The van der Waals surface area contributed by atoms with E-state index >= 15 is 4.39 Å². The molecule has 2 aromatic heterocycles. The smallest absolute Gasteiger partial charge is 0.278 e. The summed E-state index contributed by atoms with van der Waals surface area (Å²) in [6.07, 6.45) is 0.967. The van der Waals surface area contributed by atoms with Crippen molar-refractivity contribution in [3.8, 4) is 27.3 Å². The van der Waals surface area contributed by atoms with Crippen LogP contribution in [0.4, 0.5) is 4.39 Å².